The van der Waals surface area contributed by atoms with E-state index in [2.05, 4.69) is 5.10 Å². The Labute approximate surface area is 110 Å². The van der Waals surface area contributed by atoms with E-state index in [1.54, 1.807) is 19.3 Å². The number of hydrogen-bond acceptors (Lipinski definition) is 3. The normalized spacial score (nSPS) is 10.3. The van der Waals surface area contributed by atoms with Crippen LogP contribution in [0.1, 0.15) is 6.92 Å². The van der Waals surface area contributed by atoms with Crippen molar-refractivity contribution in [2.45, 2.75) is 13.5 Å². The van der Waals surface area contributed by atoms with Gasteiger partial charge in [0.2, 0.25) is 0 Å². The molecule has 0 radical (unpaired) electrons. The Morgan fingerprint density at radius 2 is 2.22 bits per heavy atom. The van der Waals surface area contributed by atoms with Gasteiger partial charge in [0.25, 0.3) is 0 Å². The summed E-state index contributed by atoms with van der Waals surface area (Å²) < 4.78 is 6.40. The number of carbonyl (C=O) groups is 1. The predicted molar refractivity (Wildman–Crippen MR) is 69.3 cm³/mol. The minimum Gasteiger partial charge on any atom is -0.465 e. The lowest BCUT2D eigenvalue weighted by Gasteiger charge is -2.01. The molecule has 0 N–H and O–H groups in total. The second-order valence-electron chi connectivity index (χ2n) is 3.71. The zero-order valence-electron chi connectivity index (χ0n) is 9.97. The molecule has 2 rings (SSSR count). The number of ether oxygens (including phenoxy) is 1. The van der Waals surface area contributed by atoms with E-state index >= 15 is 0 Å². The number of esters is 1. The first kappa shape index (κ1) is 12.6. The maximum absolute atomic E-state index is 11.3. The first-order valence-electron chi connectivity index (χ1n) is 5.63. The molecule has 0 aliphatic carbocycles. The van der Waals surface area contributed by atoms with Crippen LogP contribution in [0.25, 0.3) is 11.1 Å². The Morgan fingerprint density at radius 1 is 1.44 bits per heavy atom. The first-order chi connectivity index (χ1) is 8.70. The molecule has 0 bridgehead atoms. The van der Waals surface area contributed by atoms with Gasteiger partial charge >= 0.3 is 5.97 Å². The SMILES string of the molecule is CCOC(=O)Cn1cc(-c2ccccc2Cl)cn1. The number of aromatic nitrogens is 2. The van der Waals surface area contributed by atoms with Crippen LogP contribution in [0, 0.1) is 0 Å². The number of benzene rings is 1. The maximum atomic E-state index is 11.3. The Bertz CT molecular complexity index is 551. The lowest BCUT2D eigenvalue weighted by molar-refractivity contribution is -0.144. The smallest absolute Gasteiger partial charge is 0.327 e. The van der Waals surface area contributed by atoms with Gasteiger partial charge in [0.1, 0.15) is 6.54 Å². The fraction of sp³-hybridized carbons (Fsp3) is 0.231. The van der Waals surface area contributed by atoms with Crippen LogP contribution in [-0.4, -0.2) is 22.4 Å². The molecule has 0 aliphatic rings. The molecule has 4 nitrogen and oxygen atoms in total. The molecule has 0 saturated heterocycles. The molecule has 0 amide bonds. The quantitative estimate of drug-likeness (QED) is 0.798. The fourth-order valence-corrected chi connectivity index (χ4v) is 1.87. The molecule has 1 aromatic carbocycles. The first-order valence-corrected chi connectivity index (χ1v) is 6.01. The van der Waals surface area contributed by atoms with Crippen LogP contribution in [0.5, 0.6) is 0 Å². The van der Waals surface area contributed by atoms with Gasteiger partial charge in [-0.3, -0.25) is 9.48 Å². The van der Waals surface area contributed by atoms with Gasteiger partial charge in [-0.1, -0.05) is 29.8 Å². The number of halogens is 1. The molecule has 0 atom stereocenters. The van der Waals surface area contributed by atoms with E-state index in [0.717, 1.165) is 11.1 Å². The molecule has 94 valence electrons. The van der Waals surface area contributed by atoms with Crippen molar-refractivity contribution in [1.82, 2.24) is 9.78 Å². The molecular weight excluding hydrogens is 252 g/mol. The van der Waals surface area contributed by atoms with Crippen LogP contribution in [0.3, 0.4) is 0 Å². The van der Waals surface area contributed by atoms with Crippen molar-refractivity contribution in [1.29, 1.82) is 0 Å². The van der Waals surface area contributed by atoms with Crippen molar-refractivity contribution in [3.05, 3.63) is 41.7 Å². The van der Waals surface area contributed by atoms with Crippen LogP contribution in [-0.2, 0) is 16.1 Å². The van der Waals surface area contributed by atoms with Gasteiger partial charge in [-0.15, -0.1) is 0 Å². The van der Waals surface area contributed by atoms with E-state index in [1.807, 2.05) is 24.3 Å². The number of rotatable bonds is 4. The van der Waals surface area contributed by atoms with Crippen molar-refractivity contribution in [3.63, 3.8) is 0 Å². The van der Waals surface area contributed by atoms with Crippen molar-refractivity contribution >= 4 is 17.6 Å². The van der Waals surface area contributed by atoms with Crippen LogP contribution in [0.15, 0.2) is 36.7 Å². The fourth-order valence-electron chi connectivity index (χ4n) is 1.62. The molecule has 0 aliphatic heterocycles. The van der Waals surface area contributed by atoms with Crippen molar-refractivity contribution in [2.75, 3.05) is 6.61 Å². The monoisotopic (exact) mass is 264 g/mol. The summed E-state index contributed by atoms with van der Waals surface area (Å²) in [6.07, 6.45) is 3.46. The van der Waals surface area contributed by atoms with Crippen LogP contribution in [0.4, 0.5) is 0 Å². The third-order valence-electron chi connectivity index (χ3n) is 2.41. The highest BCUT2D eigenvalue weighted by Crippen LogP contribution is 2.26. The van der Waals surface area contributed by atoms with Crippen LogP contribution < -0.4 is 0 Å². The topological polar surface area (TPSA) is 44.1 Å². The summed E-state index contributed by atoms with van der Waals surface area (Å²) in [6, 6.07) is 7.51. The second kappa shape index (κ2) is 5.69. The third-order valence-corrected chi connectivity index (χ3v) is 2.74. The van der Waals surface area contributed by atoms with Gasteiger partial charge in [0, 0.05) is 22.3 Å². The zero-order chi connectivity index (χ0) is 13.0. The summed E-state index contributed by atoms with van der Waals surface area (Å²) in [6.45, 7) is 2.26. The van der Waals surface area contributed by atoms with E-state index in [0.29, 0.717) is 11.6 Å². The summed E-state index contributed by atoms with van der Waals surface area (Å²) in [7, 11) is 0. The number of hydrogen-bond donors (Lipinski definition) is 0. The van der Waals surface area contributed by atoms with Gasteiger partial charge in [-0.2, -0.15) is 5.10 Å². The number of nitrogens with zero attached hydrogens (tertiary/aromatic N) is 2. The maximum Gasteiger partial charge on any atom is 0.327 e. The van der Waals surface area contributed by atoms with Crippen LogP contribution >= 0.6 is 11.6 Å². The van der Waals surface area contributed by atoms with Crippen molar-refractivity contribution in [3.8, 4) is 11.1 Å². The average molecular weight is 265 g/mol. The summed E-state index contributed by atoms with van der Waals surface area (Å²) in [5.41, 5.74) is 1.78. The number of carbonyl (C=O) groups excluding carboxylic acids is 1. The minimum absolute atomic E-state index is 0.109. The van der Waals surface area contributed by atoms with E-state index in [4.69, 9.17) is 16.3 Å². The molecule has 0 unspecified atom stereocenters. The Kier molecular flexibility index (Phi) is 3.99. The molecule has 0 saturated carbocycles. The standard InChI is InChI=1S/C13H13ClN2O2/c1-2-18-13(17)9-16-8-10(7-15-16)11-5-3-4-6-12(11)14/h3-8H,2,9H2,1H3. The Balaban J connectivity index is 2.16. The van der Waals surface area contributed by atoms with Crippen LogP contribution in [0.2, 0.25) is 5.02 Å². The van der Waals surface area contributed by atoms with E-state index in [1.165, 1.54) is 4.68 Å². The van der Waals surface area contributed by atoms with Gasteiger partial charge in [0.15, 0.2) is 0 Å². The summed E-state index contributed by atoms with van der Waals surface area (Å²) >= 11 is 6.09. The molecule has 5 heteroatoms. The van der Waals surface area contributed by atoms with Gasteiger partial charge in [0.05, 0.1) is 12.8 Å². The van der Waals surface area contributed by atoms with Crippen molar-refractivity contribution < 1.29 is 9.53 Å². The molecular formula is C13H13ClN2O2. The second-order valence-corrected chi connectivity index (χ2v) is 4.12. The van der Waals surface area contributed by atoms with Gasteiger partial charge < -0.3 is 4.74 Å². The molecule has 0 spiro atoms. The summed E-state index contributed by atoms with van der Waals surface area (Å²) in [4.78, 5) is 11.3. The Hall–Kier alpha value is -1.81. The molecule has 1 aromatic heterocycles. The van der Waals surface area contributed by atoms with E-state index in [-0.39, 0.29) is 12.5 Å². The highest BCUT2D eigenvalue weighted by Gasteiger charge is 2.08. The molecule has 18 heavy (non-hydrogen) atoms. The summed E-state index contributed by atoms with van der Waals surface area (Å²) in [5.74, 6) is -0.300. The average Bonchev–Trinajstić information content (AvgIpc) is 2.78. The lowest BCUT2D eigenvalue weighted by Crippen LogP contribution is -2.13. The van der Waals surface area contributed by atoms with Gasteiger partial charge in [-0.05, 0) is 13.0 Å². The highest BCUT2D eigenvalue weighted by atomic mass is 35.5. The molecule has 2 aromatic rings. The van der Waals surface area contributed by atoms with Crippen molar-refractivity contribution in [2.24, 2.45) is 0 Å². The lowest BCUT2D eigenvalue weighted by atomic mass is 10.1. The minimum atomic E-state index is -0.300. The van der Waals surface area contributed by atoms with E-state index < -0.39 is 0 Å². The molecule has 0 fully saturated rings. The third kappa shape index (κ3) is 2.90. The highest BCUT2D eigenvalue weighted by molar-refractivity contribution is 6.33. The van der Waals surface area contributed by atoms with Gasteiger partial charge in [-0.25, -0.2) is 0 Å². The Morgan fingerprint density at radius 3 is 2.94 bits per heavy atom. The summed E-state index contributed by atoms with van der Waals surface area (Å²) in [5, 5.41) is 4.77. The molecule has 1 heterocycles. The van der Waals surface area contributed by atoms with E-state index in [9.17, 15) is 4.79 Å². The largest absolute Gasteiger partial charge is 0.465 e. The zero-order valence-corrected chi connectivity index (χ0v) is 10.7. The predicted octanol–water partition coefficient (Wildman–Crippen LogP) is 2.77.